The first kappa shape index (κ1) is 18.8. The predicted molar refractivity (Wildman–Crippen MR) is 110 cm³/mol. The van der Waals surface area contributed by atoms with Crippen LogP contribution >= 0.6 is 27.5 Å². The molecule has 1 unspecified atom stereocenters. The van der Waals surface area contributed by atoms with Crippen LogP contribution in [-0.4, -0.2) is 32.8 Å². The predicted octanol–water partition coefficient (Wildman–Crippen LogP) is 3.80. The van der Waals surface area contributed by atoms with E-state index < -0.39 is 0 Å². The molecule has 1 aromatic heterocycles. The average molecular weight is 461 g/mol. The Kier molecular flexibility index (Phi) is 4.81. The van der Waals surface area contributed by atoms with E-state index in [2.05, 4.69) is 20.9 Å². The van der Waals surface area contributed by atoms with Gasteiger partial charge in [-0.05, 0) is 37.3 Å². The zero-order valence-corrected chi connectivity index (χ0v) is 17.2. The minimum atomic E-state index is -0.348. The van der Waals surface area contributed by atoms with Crippen molar-refractivity contribution >= 4 is 50.2 Å². The van der Waals surface area contributed by atoms with E-state index in [-0.39, 0.29) is 35.3 Å². The van der Waals surface area contributed by atoms with E-state index in [9.17, 15) is 14.4 Å². The molecule has 28 heavy (non-hydrogen) atoms. The number of hydrogen-bond acceptors (Lipinski definition) is 4. The Morgan fingerprint density at radius 1 is 1.04 bits per heavy atom. The number of hydrogen-bond donors (Lipinski definition) is 0. The van der Waals surface area contributed by atoms with Crippen LogP contribution in [0.15, 0.2) is 47.3 Å². The number of halogens is 2. The van der Waals surface area contributed by atoms with Gasteiger partial charge in [0.15, 0.2) is 0 Å². The molecule has 3 aromatic rings. The van der Waals surface area contributed by atoms with Crippen LogP contribution in [0.3, 0.4) is 0 Å². The number of fused-ring (bicyclic) bond motifs is 2. The molecule has 0 N–H and O–H groups in total. The van der Waals surface area contributed by atoms with Crippen molar-refractivity contribution in [3.05, 3.63) is 74.8 Å². The van der Waals surface area contributed by atoms with Crippen LogP contribution in [0.1, 0.15) is 38.3 Å². The van der Waals surface area contributed by atoms with Crippen LogP contribution in [0.2, 0.25) is 5.02 Å². The molecule has 0 aliphatic carbocycles. The van der Waals surface area contributed by atoms with Gasteiger partial charge in [-0.3, -0.25) is 23.9 Å². The van der Waals surface area contributed by atoms with Gasteiger partial charge >= 0.3 is 0 Å². The molecule has 2 heterocycles. The fraction of sp³-hybridized carbons (Fsp3) is 0.200. The highest BCUT2D eigenvalue weighted by atomic mass is 79.9. The fourth-order valence-electron chi connectivity index (χ4n) is 3.37. The number of rotatable bonds is 4. The molecule has 142 valence electrons. The van der Waals surface area contributed by atoms with E-state index in [1.165, 1.54) is 9.47 Å². The fourth-order valence-corrected chi connectivity index (χ4v) is 3.89. The first-order chi connectivity index (χ1) is 13.4. The molecular formula is C20H15BrClN3O3. The Morgan fingerprint density at radius 3 is 2.29 bits per heavy atom. The van der Waals surface area contributed by atoms with Crippen LogP contribution in [0.4, 0.5) is 0 Å². The summed E-state index contributed by atoms with van der Waals surface area (Å²) >= 11 is 9.51. The number of amides is 2. The molecule has 6 nitrogen and oxygen atoms in total. The van der Waals surface area contributed by atoms with Gasteiger partial charge in [-0.25, -0.2) is 4.98 Å². The maximum atomic E-state index is 13.0. The minimum Gasteiger partial charge on any atom is -0.293 e. The Bertz CT molecular complexity index is 1150. The van der Waals surface area contributed by atoms with Gasteiger partial charge in [0, 0.05) is 18.1 Å². The lowest BCUT2D eigenvalue weighted by atomic mass is 10.1. The molecule has 1 aliphatic heterocycles. The van der Waals surface area contributed by atoms with Crippen molar-refractivity contribution in [1.29, 1.82) is 0 Å². The van der Waals surface area contributed by atoms with Gasteiger partial charge in [0.2, 0.25) is 0 Å². The van der Waals surface area contributed by atoms with E-state index in [4.69, 9.17) is 11.6 Å². The molecule has 0 saturated heterocycles. The number of benzene rings is 2. The SMILES string of the molecule is CC(Br)c1nc2ccc(Cl)cc2c(=O)n1CCN1C(=O)c2ccccc2C1=O. The summed E-state index contributed by atoms with van der Waals surface area (Å²) in [5, 5.41) is 0.838. The van der Waals surface area contributed by atoms with Crippen molar-refractivity contribution in [1.82, 2.24) is 14.5 Å². The number of aromatic nitrogens is 2. The lowest BCUT2D eigenvalue weighted by Gasteiger charge is -2.18. The Balaban J connectivity index is 1.71. The lowest BCUT2D eigenvalue weighted by Crippen LogP contribution is -2.36. The summed E-state index contributed by atoms with van der Waals surface area (Å²) in [6.07, 6.45) is 0. The molecule has 0 spiro atoms. The highest BCUT2D eigenvalue weighted by molar-refractivity contribution is 9.09. The topological polar surface area (TPSA) is 72.3 Å². The Hall–Kier alpha value is -2.51. The first-order valence-corrected chi connectivity index (χ1v) is 9.97. The minimum absolute atomic E-state index is 0.0761. The van der Waals surface area contributed by atoms with E-state index in [1.807, 2.05) is 6.92 Å². The molecule has 8 heteroatoms. The summed E-state index contributed by atoms with van der Waals surface area (Å²) in [5.74, 6) is -0.172. The summed E-state index contributed by atoms with van der Waals surface area (Å²) in [6.45, 7) is 2.08. The van der Waals surface area contributed by atoms with E-state index in [1.54, 1.807) is 42.5 Å². The van der Waals surface area contributed by atoms with Crippen molar-refractivity contribution in [3.8, 4) is 0 Å². The molecule has 2 aromatic carbocycles. The molecule has 0 radical (unpaired) electrons. The van der Waals surface area contributed by atoms with Crippen LogP contribution in [0.5, 0.6) is 0 Å². The van der Waals surface area contributed by atoms with Gasteiger partial charge in [0.05, 0.1) is 26.9 Å². The maximum absolute atomic E-state index is 13.0. The Morgan fingerprint density at radius 2 is 1.68 bits per heavy atom. The second kappa shape index (κ2) is 7.14. The van der Waals surface area contributed by atoms with Crippen LogP contribution in [0, 0.1) is 0 Å². The van der Waals surface area contributed by atoms with E-state index in [0.717, 1.165) is 0 Å². The number of nitrogens with zero attached hydrogens (tertiary/aromatic N) is 3. The van der Waals surface area contributed by atoms with Crippen molar-refractivity contribution in [2.75, 3.05) is 6.54 Å². The first-order valence-electron chi connectivity index (χ1n) is 8.68. The third-order valence-electron chi connectivity index (χ3n) is 4.73. The average Bonchev–Trinajstić information content (AvgIpc) is 2.92. The molecular weight excluding hydrogens is 446 g/mol. The number of alkyl halides is 1. The maximum Gasteiger partial charge on any atom is 0.261 e. The van der Waals surface area contributed by atoms with Crippen molar-refractivity contribution < 1.29 is 9.59 Å². The van der Waals surface area contributed by atoms with Crippen LogP contribution < -0.4 is 5.56 Å². The monoisotopic (exact) mass is 459 g/mol. The third kappa shape index (κ3) is 3.04. The molecule has 4 rings (SSSR count). The molecule has 0 saturated carbocycles. The van der Waals surface area contributed by atoms with Gasteiger partial charge in [0.25, 0.3) is 17.4 Å². The summed E-state index contributed by atoms with van der Waals surface area (Å²) in [4.78, 5) is 43.7. The summed E-state index contributed by atoms with van der Waals surface area (Å²) in [6, 6.07) is 11.7. The molecule has 0 bridgehead atoms. The number of imide groups is 1. The van der Waals surface area contributed by atoms with Gasteiger partial charge in [-0.15, -0.1) is 0 Å². The number of carbonyl (C=O) groups excluding carboxylic acids is 2. The van der Waals surface area contributed by atoms with Crippen molar-refractivity contribution in [2.24, 2.45) is 0 Å². The second-order valence-electron chi connectivity index (χ2n) is 6.51. The number of carbonyl (C=O) groups is 2. The van der Waals surface area contributed by atoms with Crippen LogP contribution in [0.25, 0.3) is 10.9 Å². The zero-order chi connectivity index (χ0) is 20.0. The second-order valence-corrected chi connectivity index (χ2v) is 8.32. The highest BCUT2D eigenvalue weighted by Gasteiger charge is 2.35. The summed E-state index contributed by atoms with van der Waals surface area (Å²) in [5.41, 5.74) is 1.06. The molecule has 1 aliphatic rings. The third-order valence-corrected chi connectivity index (χ3v) is 5.37. The molecule has 2 amide bonds. The smallest absolute Gasteiger partial charge is 0.261 e. The van der Waals surface area contributed by atoms with E-state index >= 15 is 0 Å². The Labute approximate surface area is 173 Å². The van der Waals surface area contributed by atoms with Crippen molar-refractivity contribution in [2.45, 2.75) is 18.3 Å². The lowest BCUT2D eigenvalue weighted by molar-refractivity contribution is 0.0648. The zero-order valence-electron chi connectivity index (χ0n) is 14.9. The van der Waals surface area contributed by atoms with Gasteiger partial charge in [-0.1, -0.05) is 39.7 Å². The highest BCUT2D eigenvalue weighted by Crippen LogP contribution is 2.24. The standard InChI is InChI=1S/C20H15BrClN3O3/c1-11(21)17-23-16-7-6-12(22)10-15(16)20(28)24(17)8-9-25-18(26)13-4-2-3-5-14(13)19(25)27/h2-7,10-11H,8-9H2,1H3. The summed E-state index contributed by atoms with van der Waals surface area (Å²) < 4.78 is 1.49. The van der Waals surface area contributed by atoms with Gasteiger partial charge in [0.1, 0.15) is 5.82 Å². The normalized spacial score (nSPS) is 14.6. The van der Waals surface area contributed by atoms with Crippen molar-refractivity contribution in [3.63, 3.8) is 0 Å². The molecule has 0 fully saturated rings. The van der Waals surface area contributed by atoms with Crippen LogP contribution in [-0.2, 0) is 6.54 Å². The van der Waals surface area contributed by atoms with Gasteiger partial charge < -0.3 is 0 Å². The largest absolute Gasteiger partial charge is 0.293 e. The van der Waals surface area contributed by atoms with Gasteiger partial charge in [-0.2, -0.15) is 0 Å². The molecule has 1 atom stereocenters. The summed E-state index contributed by atoms with van der Waals surface area (Å²) in [7, 11) is 0. The quantitative estimate of drug-likeness (QED) is 0.438. The van der Waals surface area contributed by atoms with E-state index in [0.29, 0.717) is 32.9 Å².